The lowest BCUT2D eigenvalue weighted by Gasteiger charge is -2.02. The number of nitrogen functional groups attached to an aromatic ring is 1. The zero-order chi connectivity index (χ0) is 14.8. The topological polar surface area (TPSA) is 92.9 Å². The average molecular weight is 295 g/mol. The molecule has 0 bridgehead atoms. The van der Waals surface area contributed by atoms with Crippen molar-refractivity contribution in [3.8, 4) is 17.5 Å². The van der Waals surface area contributed by atoms with Gasteiger partial charge in [-0.25, -0.2) is 4.98 Å². The SMILES string of the molecule is N#Cc1ccccc1C(=O)c1sc(N)nc1-c1ccco1. The van der Waals surface area contributed by atoms with E-state index >= 15 is 0 Å². The van der Waals surface area contributed by atoms with E-state index < -0.39 is 0 Å². The Morgan fingerprint density at radius 3 is 2.81 bits per heavy atom. The van der Waals surface area contributed by atoms with Crippen molar-refractivity contribution >= 4 is 22.3 Å². The Labute approximate surface area is 124 Å². The van der Waals surface area contributed by atoms with Crippen LogP contribution in [0.2, 0.25) is 0 Å². The maximum absolute atomic E-state index is 12.7. The Balaban J connectivity index is 2.13. The van der Waals surface area contributed by atoms with Crippen LogP contribution in [0.3, 0.4) is 0 Å². The molecule has 0 saturated heterocycles. The molecule has 0 aliphatic heterocycles. The van der Waals surface area contributed by atoms with E-state index in [9.17, 15) is 4.79 Å². The highest BCUT2D eigenvalue weighted by molar-refractivity contribution is 7.18. The van der Waals surface area contributed by atoms with Crippen LogP contribution < -0.4 is 5.73 Å². The van der Waals surface area contributed by atoms with Crippen molar-refractivity contribution in [2.45, 2.75) is 0 Å². The van der Waals surface area contributed by atoms with Crippen LogP contribution in [0.4, 0.5) is 5.13 Å². The van der Waals surface area contributed by atoms with E-state index in [1.807, 2.05) is 6.07 Å². The molecule has 3 aromatic rings. The standard InChI is InChI=1S/C15H9N3O2S/c16-8-9-4-1-2-5-10(9)13(19)14-12(18-15(17)21-14)11-6-3-7-20-11/h1-7H,(H2,17,18). The molecule has 5 nitrogen and oxygen atoms in total. The van der Waals surface area contributed by atoms with Gasteiger partial charge in [0.2, 0.25) is 5.78 Å². The highest BCUT2D eigenvalue weighted by Gasteiger charge is 2.23. The normalized spacial score (nSPS) is 10.2. The summed E-state index contributed by atoms with van der Waals surface area (Å²) in [4.78, 5) is 17.2. The number of carbonyl (C=O) groups excluding carboxylic acids is 1. The van der Waals surface area contributed by atoms with Gasteiger partial charge in [-0.3, -0.25) is 4.79 Å². The zero-order valence-corrected chi connectivity index (χ0v) is 11.6. The monoisotopic (exact) mass is 295 g/mol. The number of furan rings is 1. The van der Waals surface area contributed by atoms with E-state index in [-0.39, 0.29) is 10.9 Å². The fourth-order valence-electron chi connectivity index (χ4n) is 1.97. The van der Waals surface area contributed by atoms with Gasteiger partial charge in [-0.15, -0.1) is 0 Å². The molecular formula is C15H9N3O2S. The first-order chi connectivity index (χ1) is 10.2. The van der Waals surface area contributed by atoms with Gasteiger partial charge in [0.1, 0.15) is 10.6 Å². The van der Waals surface area contributed by atoms with Gasteiger partial charge >= 0.3 is 0 Å². The van der Waals surface area contributed by atoms with Crippen LogP contribution in [0.15, 0.2) is 47.1 Å². The first kappa shape index (κ1) is 13.1. The molecule has 0 spiro atoms. The number of rotatable bonds is 3. The molecule has 0 aliphatic rings. The van der Waals surface area contributed by atoms with E-state index in [1.165, 1.54) is 6.26 Å². The molecule has 0 saturated carbocycles. The highest BCUT2D eigenvalue weighted by Crippen LogP contribution is 2.32. The minimum absolute atomic E-state index is 0.277. The number of hydrogen-bond acceptors (Lipinski definition) is 6. The summed E-state index contributed by atoms with van der Waals surface area (Å²) in [6.45, 7) is 0. The summed E-state index contributed by atoms with van der Waals surface area (Å²) < 4.78 is 5.29. The van der Waals surface area contributed by atoms with Crippen molar-refractivity contribution in [1.82, 2.24) is 4.98 Å². The summed E-state index contributed by atoms with van der Waals surface area (Å²) in [6.07, 6.45) is 1.50. The number of benzene rings is 1. The third-order valence-corrected chi connectivity index (χ3v) is 3.78. The van der Waals surface area contributed by atoms with Crippen molar-refractivity contribution < 1.29 is 9.21 Å². The van der Waals surface area contributed by atoms with Crippen LogP contribution >= 0.6 is 11.3 Å². The molecule has 0 fully saturated rings. The third-order valence-electron chi connectivity index (χ3n) is 2.90. The Hall–Kier alpha value is -2.91. The fourth-order valence-corrected chi connectivity index (χ4v) is 2.76. The zero-order valence-electron chi connectivity index (χ0n) is 10.7. The van der Waals surface area contributed by atoms with E-state index in [0.717, 1.165) is 11.3 Å². The van der Waals surface area contributed by atoms with Crippen molar-refractivity contribution in [2.24, 2.45) is 0 Å². The third kappa shape index (κ3) is 2.30. The maximum Gasteiger partial charge on any atom is 0.206 e. The van der Waals surface area contributed by atoms with Crippen molar-refractivity contribution in [3.05, 3.63) is 58.7 Å². The Morgan fingerprint density at radius 1 is 1.29 bits per heavy atom. The second-order valence-electron chi connectivity index (χ2n) is 4.19. The molecule has 102 valence electrons. The smallest absolute Gasteiger partial charge is 0.206 e. The molecule has 3 rings (SSSR count). The molecule has 2 aromatic heterocycles. The Morgan fingerprint density at radius 2 is 2.10 bits per heavy atom. The van der Waals surface area contributed by atoms with Gasteiger partial charge in [0.05, 0.1) is 17.9 Å². The van der Waals surface area contributed by atoms with Gasteiger partial charge < -0.3 is 10.2 Å². The van der Waals surface area contributed by atoms with Gasteiger partial charge in [0, 0.05) is 5.56 Å². The minimum Gasteiger partial charge on any atom is -0.463 e. The fraction of sp³-hybridized carbons (Fsp3) is 0. The van der Waals surface area contributed by atoms with Crippen LogP contribution in [-0.4, -0.2) is 10.8 Å². The lowest BCUT2D eigenvalue weighted by molar-refractivity contribution is 0.104. The van der Waals surface area contributed by atoms with Gasteiger partial charge in [-0.1, -0.05) is 23.5 Å². The lowest BCUT2D eigenvalue weighted by Crippen LogP contribution is -2.03. The van der Waals surface area contributed by atoms with Gasteiger partial charge in [0.15, 0.2) is 10.9 Å². The largest absolute Gasteiger partial charge is 0.463 e. The van der Waals surface area contributed by atoms with Crippen LogP contribution in [-0.2, 0) is 0 Å². The molecule has 0 amide bonds. The summed E-state index contributed by atoms with van der Waals surface area (Å²) in [7, 11) is 0. The van der Waals surface area contributed by atoms with E-state index in [4.69, 9.17) is 15.4 Å². The predicted octanol–water partition coefficient (Wildman–Crippen LogP) is 3.09. The van der Waals surface area contributed by atoms with Gasteiger partial charge in [0.25, 0.3) is 0 Å². The first-order valence-electron chi connectivity index (χ1n) is 6.04. The molecule has 0 atom stereocenters. The van der Waals surface area contributed by atoms with Crippen molar-refractivity contribution in [3.63, 3.8) is 0 Å². The summed E-state index contributed by atoms with van der Waals surface area (Å²) in [5.41, 5.74) is 6.77. The number of anilines is 1. The maximum atomic E-state index is 12.7. The molecule has 0 unspecified atom stereocenters. The molecule has 21 heavy (non-hydrogen) atoms. The number of hydrogen-bond donors (Lipinski definition) is 1. The van der Waals surface area contributed by atoms with Crippen LogP contribution in [0, 0.1) is 11.3 Å². The number of nitrogens with two attached hydrogens (primary N) is 1. The summed E-state index contributed by atoms with van der Waals surface area (Å²) in [5, 5.41) is 9.39. The average Bonchev–Trinajstić information content (AvgIpc) is 3.15. The molecular weight excluding hydrogens is 286 g/mol. The van der Waals surface area contributed by atoms with Crippen LogP contribution in [0.1, 0.15) is 20.8 Å². The Kier molecular flexibility index (Phi) is 3.26. The molecule has 2 heterocycles. The van der Waals surface area contributed by atoms with Gasteiger partial charge in [-0.2, -0.15) is 5.26 Å². The molecule has 2 N–H and O–H groups in total. The molecule has 0 aliphatic carbocycles. The minimum atomic E-state index is -0.284. The number of carbonyl (C=O) groups is 1. The van der Waals surface area contributed by atoms with Crippen LogP contribution in [0.5, 0.6) is 0 Å². The second kappa shape index (κ2) is 5.23. The Bertz CT molecular complexity index is 844. The van der Waals surface area contributed by atoms with E-state index in [1.54, 1.807) is 36.4 Å². The van der Waals surface area contributed by atoms with Crippen molar-refractivity contribution in [1.29, 1.82) is 5.26 Å². The van der Waals surface area contributed by atoms with E-state index in [2.05, 4.69) is 4.98 Å². The number of nitriles is 1. The molecule has 6 heteroatoms. The highest BCUT2D eigenvalue weighted by atomic mass is 32.1. The predicted molar refractivity (Wildman–Crippen MR) is 78.8 cm³/mol. The summed E-state index contributed by atoms with van der Waals surface area (Å²) in [6, 6.07) is 12.1. The quantitative estimate of drug-likeness (QED) is 0.749. The lowest BCUT2D eigenvalue weighted by atomic mass is 10.0. The summed E-state index contributed by atoms with van der Waals surface area (Å²) >= 11 is 1.08. The number of ketones is 1. The summed E-state index contributed by atoms with van der Waals surface area (Å²) in [5.74, 6) is 0.188. The van der Waals surface area contributed by atoms with Crippen molar-refractivity contribution in [2.75, 3.05) is 5.73 Å². The molecule has 0 radical (unpaired) electrons. The van der Waals surface area contributed by atoms with E-state index in [0.29, 0.717) is 27.5 Å². The van der Waals surface area contributed by atoms with Crippen LogP contribution in [0.25, 0.3) is 11.5 Å². The number of nitrogens with zero attached hydrogens (tertiary/aromatic N) is 2. The number of aromatic nitrogens is 1. The second-order valence-corrected chi connectivity index (χ2v) is 5.22. The molecule has 1 aromatic carbocycles. The number of thiazole rings is 1. The van der Waals surface area contributed by atoms with Gasteiger partial charge in [-0.05, 0) is 24.3 Å². The first-order valence-corrected chi connectivity index (χ1v) is 6.86.